The SMILES string of the molecule is CC(C)(C)[S+]([O-])N=Cc1ccc(-c2nc3ccn4cnnc4c3cc2-c2ccccc2)cc1. The Morgan fingerprint density at radius 3 is 2.45 bits per heavy atom. The van der Waals surface area contributed by atoms with Gasteiger partial charge >= 0.3 is 0 Å². The van der Waals surface area contributed by atoms with Crippen molar-refractivity contribution in [1.29, 1.82) is 0 Å². The molecule has 5 rings (SSSR count). The number of hydrogen-bond acceptors (Lipinski definition) is 5. The van der Waals surface area contributed by atoms with Crippen molar-refractivity contribution in [3.63, 3.8) is 0 Å². The van der Waals surface area contributed by atoms with Gasteiger partial charge in [0.15, 0.2) is 5.65 Å². The largest absolute Gasteiger partial charge is 0.591 e. The molecule has 0 aliphatic carbocycles. The van der Waals surface area contributed by atoms with Crippen molar-refractivity contribution in [3.8, 4) is 22.4 Å². The summed E-state index contributed by atoms with van der Waals surface area (Å²) in [5, 5.41) is 9.27. The minimum atomic E-state index is -1.29. The summed E-state index contributed by atoms with van der Waals surface area (Å²) >= 11 is -1.29. The molecule has 33 heavy (non-hydrogen) atoms. The zero-order valence-corrected chi connectivity index (χ0v) is 19.5. The lowest BCUT2D eigenvalue weighted by molar-refractivity contribution is 0.562. The summed E-state index contributed by atoms with van der Waals surface area (Å²) in [7, 11) is 0. The van der Waals surface area contributed by atoms with Crippen LogP contribution < -0.4 is 0 Å². The summed E-state index contributed by atoms with van der Waals surface area (Å²) in [5.74, 6) is 0. The third kappa shape index (κ3) is 4.25. The fraction of sp³-hybridized carbons (Fsp3) is 0.154. The maximum Gasteiger partial charge on any atom is 0.170 e. The van der Waals surface area contributed by atoms with Gasteiger partial charge in [-0.3, -0.25) is 4.40 Å². The van der Waals surface area contributed by atoms with E-state index in [0.29, 0.717) is 0 Å². The molecular weight excluding hydrogens is 430 g/mol. The van der Waals surface area contributed by atoms with Crippen molar-refractivity contribution in [2.75, 3.05) is 0 Å². The zero-order chi connectivity index (χ0) is 23.0. The lowest BCUT2D eigenvalue weighted by Crippen LogP contribution is -2.25. The molecule has 5 aromatic rings. The maximum atomic E-state index is 12.2. The minimum Gasteiger partial charge on any atom is -0.591 e. The van der Waals surface area contributed by atoms with Crippen LogP contribution in [-0.4, -0.2) is 35.1 Å². The predicted octanol–water partition coefficient (Wildman–Crippen LogP) is 5.49. The Labute approximate surface area is 195 Å². The van der Waals surface area contributed by atoms with Crippen LogP contribution in [0.2, 0.25) is 0 Å². The van der Waals surface area contributed by atoms with Crippen molar-refractivity contribution in [2.45, 2.75) is 25.5 Å². The Bertz CT molecular complexity index is 1450. The molecule has 0 fully saturated rings. The van der Waals surface area contributed by atoms with Crippen LogP contribution in [0.3, 0.4) is 0 Å². The highest BCUT2D eigenvalue weighted by molar-refractivity contribution is 7.91. The molecule has 0 radical (unpaired) electrons. The van der Waals surface area contributed by atoms with Crippen molar-refractivity contribution in [2.24, 2.45) is 4.40 Å². The van der Waals surface area contributed by atoms with Gasteiger partial charge in [0, 0.05) is 22.7 Å². The Hall–Kier alpha value is -3.55. The summed E-state index contributed by atoms with van der Waals surface area (Å²) in [4.78, 5) is 5.02. The van der Waals surface area contributed by atoms with Crippen LogP contribution in [-0.2, 0) is 11.4 Å². The van der Waals surface area contributed by atoms with Gasteiger partial charge in [0.1, 0.15) is 22.4 Å². The van der Waals surface area contributed by atoms with Crippen LogP contribution in [0.25, 0.3) is 38.9 Å². The van der Waals surface area contributed by atoms with Crippen LogP contribution in [0.5, 0.6) is 0 Å². The molecule has 6 nitrogen and oxygen atoms in total. The van der Waals surface area contributed by atoms with Crippen LogP contribution in [0.1, 0.15) is 26.3 Å². The average Bonchev–Trinajstić information content (AvgIpc) is 3.31. The first-order valence-electron chi connectivity index (χ1n) is 10.7. The molecule has 0 amide bonds. The maximum absolute atomic E-state index is 12.2. The monoisotopic (exact) mass is 453 g/mol. The van der Waals surface area contributed by atoms with E-state index in [0.717, 1.165) is 44.5 Å². The Morgan fingerprint density at radius 1 is 0.970 bits per heavy atom. The highest BCUT2D eigenvalue weighted by atomic mass is 32.2. The lowest BCUT2D eigenvalue weighted by Gasteiger charge is -2.17. The summed E-state index contributed by atoms with van der Waals surface area (Å²) < 4.78 is 17.9. The number of aromatic nitrogens is 4. The van der Waals surface area contributed by atoms with Crippen molar-refractivity contribution in [3.05, 3.63) is 84.8 Å². The zero-order valence-electron chi connectivity index (χ0n) is 18.6. The van der Waals surface area contributed by atoms with Gasteiger partial charge in [-0.2, -0.15) is 0 Å². The summed E-state index contributed by atoms with van der Waals surface area (Å²) in [6.07, 6.45) is 5.28. The van der Waals surface area contributed by atoms with Crippen LogP contribution >= 0.6 is 0 Å². The molecule has 0 saturated heterocycles. The number of rotatable bonds is 4. The van der Waals surface area contributed by atoms with Gasteiger partial charge in [-0.1, -0.05) is 59.0 Å². The molecule has 3 aromatic heterocycles. The van der Waals surface area contributed by atoms with Crippen molar-refractivity contribution >= 4 is 34.1 Å². The molecule has 0 N–H and O–H groups in total. The van der Waals surface area contributed by atoms with Gasteiger partial charge in [0.25, 0.3) is 0 Å². The summed E-state index contributed by atoms with van der Waals surface area (Å²) in [6, 6.07) is 22.3. The highest BCUT2D eigenvalue weighted by Gasteiger charge is 2.25. The molecular formula is C26H23N5OS. The molecule has 2 aromatic carbocycles. The fourth-order valence-electron chi connectivity index (χ4n) is 3.58. The van der Waals surface area contributed by atoms with E-state index < -0.39 is 11.4 Å². The standard InChI is InChI=1S/C26H23N5OS/c1-26(2,3)33(32)28-16-18-9-11-20(12-10-18)24-21(19-7-5-4-6-8-19)15-22-23(29-24)13-14-31-17-27-30-25(22)31/h4-17H,1-3H3. The van der Waals surface area contributed by atoms with Gasteiger partial charge in [-0.05, 0) is 44.0 Å². The number of nitrogens with zero attached hydrogens (tertiary/aromatic N) is 5. The van der Waals surface area contributed by atoms with Gasteiger partial charge in [-0.25, -0.2) is 4.98 Å². The Morgan fingerprint density at radius 2 is 1.73 bits per heavy atom. The third-order valence-electron chi connectivity index (χ3n) is 5.35. The molecule has 0 saturated carbocycles. The second-order valence-corrected chi connectivity index (χ2v) is 10.7. The number of hydrogen-bond donors (Lipinski definition) is 0. The van der Waals surface area contributed by atoms with E-state index >= 15 is 0 Å². The number of pyridine rings is 2. The van der Waals surface area contributed by atoms with E-state index in [2.05, 4.69) is 32.8 Å². The first kappa shape index (κ1) is 21.3. The molecule has 1 atom stereocenters. The van der Waals surface area contributed by atoms with E-state index in [9.17, 15) is 4.55 Å². The molecule has 0 spiro atoms. The van der Waals surface area contributed by atoms with E-state index in [1.165, 1.54) is 0 Å². The molecule has 3 heterocycles. The predicted molar refractivity (Wildman–Crippen MR) is 135 cm³/mol. The van der Waals surface area contributed by atoms with E-state index in [-0.39, 0.29) is 4.75 Å². The van der Waals surface area contributed by atoms with Gasteiger partial charge in [0.2, 0.25) is 0 Å². The Balaban J connectivity index is 1.61. The van der Waals surface area contributed by atoms with E-state index in [1.807, 2.05) is 79.9 Å². The average molecular weight is 454 g/mol. The normalized spacial score (nSPS) is 13.2. The quantitative estimate of drug-likeness (QED) is 0.266. The van der Waals surface area contributed by atoms with E-state index in [1.54, 1.807) is 12.5 Å². The molecule has 0 aliphatic heterocycles. The second-order valence-electron chi connectivity index (χ2n) is 8.78. The highest BCUT2D eigenvalue weighted by Crippen LogP contribution is 2.34. The van der Waals surface area contributed by atoms with Crippen LogP contribution in [0.15, 0.2) is 83.7 Å². The Kier molecular flexibility index (Phi) is 5.44. The van der Waals surface area contributed by atoms with Gasteiger partial charge < -0.3 is 4.55 Å². The lowest BCUT2D eigenvalue weighted by atomic mass is 9.97. The van der Waals surface area contributed by atoms with Crippen LogP contribution in [0.4, 0.5) is 0 Å². The van der Waals surface area contributed by atoms with Gasteiger partial charge in [0.05, 0.1) is 17.4 Å². The molecule has 164 valence electrons. The summed E-state index contributed by atoms with van der Waals surface area (Å²) in [6.45, 7) is 5.73. The number of fused-ring (bicyclic) bond motifs is 3. The minimum absolute atomic E-state index is 0.383. The van der Waals surface area contributed by atoms with E-state index in [4.69, 9.17) is 4.98 Å². The number of benzene rings is 2. The first-order valence-corrected chi connectivity index (χ1v) is 11.8. The second kappa shape index (κ2) is 8.42. The van der Waals surface area contributed by atoms with Crippen molar-refractivity contribution in [1.82, 2.24) is 19.6 Å². The molecule has 0 aliphatic rings. The van der Waals surface area contributed by atoms with Crippen molar-refractivity contribution < 1.29 is 4.55 Å². The summed E-state index contributed by atoms with van der Waals surface area (Å²) in [5.41, 5.74) is 6.51. The fourth-order valence-corrected chi connectivity index (χ4v) is 4.11. The molecule has 1 unspecified atom stereocenters. The molecule has 0 bridgehead atoms. The topological polar surface area (TPSA) is 78.5 Å². The first-order chi connectivity index (χ1) is 15.9. The third-order valence-corrected chi connectivity index (χ3v) is 6.69. The van der Waals surface area contributed by atoms with Crippen LogP contribution in [0, 0.1) is 0 Å². The van der Waals surface area contributed by atoms with Gasteiger partial charge in [-0.15, -0.1) is 10.2 Å². The smallest absolute Gasteiger partial charge is 0.170 e. The molecule has 7 heteroatoms.